The minimum atomic E-state index is 0.472. The fourth-order valence-electron chi connectivity index (χ4n) is 1.28. The van der Waals surface area contributed by atoms with Crippen LogP contribution in [0.1, 0.15) is 13.3 Å². The summed E-state index contributed by atoms with van der Waals surface area (Å²) in [7, 11) is 1.75. The normalized spacial score (nSPS) is 10.7. The first-order chi connectivity index (χ1) is 9.11. The maximum absolute atomic E-state index is 6.13. The van der Waals surface area contributed by atoms with E-state index >= 15 is 0 Å². The molecule has 0 saturated carbocycles. The van der Waals surface area contributed by atoms with Gasteiger partial charge in [0.05, 0.1) is 10.0 Å². The van der Waals surface area contributed by atoms with Crippen molar-refractivity contribution in [2.45, 2.75) is 23.5 Å². The maximum Gasteiger partial charge on any atom is 0.215 e. The maximum atomic E-state index is 6.13. The number of nitrogens with one attached hydrogen (secondary N) is 1. The molecule has 0 aromatic carbocycles. The van der Waals surface area contributed by atoms with Crippen LogP contribution in [0.2, 0.25) is 10.0 Å². The molecule has 0 spiro atoms. The Hall–Kier alpha value is -1.05. The van der Waals surface area contributed by atoms with E-state index in [0.29, 0.717) is 26.0 Å². The third kappa shape index (κ3) is 3.49. The van der Waals surface area contributed by atoms with E-state index in [-0.39, 0.29) is 0 Å². The number of anilines is 1. The van der Waals surface area contributed by atoms with Gasteiger partial charge in [-0.15, -0.1) is 5.10 Å². The molecule has 2 rings (SSSR count). The van der Waals surface area contributed by atoms with Crippen molar-refractivity contribution in [1.29, 1.82) is 0 Å². The topological polar surface area (TPSA) is 68.5 Å². The van der Waals surface area contributed by atoms with E-state index in [0.717, 1.165) is 13.0 Å². The molecule has 0 aliphatic carbocycles. The first-order valence-electron chi connectivity index (χ1n) is 5.62. The van der Waals surface area contributed by atoms with Gasteiger partial charge in [-0.25, -0.2) is 9.67 Å². The van der Waals surface area contributed by atoms with Crippen LogP contribution in [-0.2, 0) is 7.05 Å². The zero-order valence-corrected chi connectivity index (χ0v) is 12.7. The zero-order chi connectivity index (χ0) is 13.8. The van der Waals surface area contributed by atoms with E-state index in [9.17, 15) is 0 Å². The van der Waals surface area contributed by atoms with Gasteiger partial charge >= 0.3 is 0 Å². The van der Waals surface area contributed by atoms with Crippen molar-refractivity contribution < 1.29 is 0 Å². The van der Waals surface area contributed by atoms with Crippen molar-refractivity contribution in [2.75, 3.05) is 11.9 Å². The van der Waals surface area contributed by atoms with Crippen molar-refractivity contribution in [2.24, 2.45) is 7.05 Å². The molecule has 0 unspecified atom stereocenters. The Bertz CT molecular complexity index is 573. The van der Waals surface area contributed by atoms with E-state index in [1.807, 2.05) is 0 Å². The van der Waals surface area contributed by atoms with E-state index < -0.39 is 0 Å². The van der Waals surface area contributed by atoms with Crippen LogP contribution in [0.25, 0.3) is 0 Å². The van der Waals surface area contributed by atoms with Gasteiger partial charge in [-0.2, -0.15) is 0 Å². The summed E-state index contributed by atoms with van der Waals surface area (Å²) < 4.78 is 1.55. The molecule has 6 nitrogen and oxygen atoms in total. The van der Waals surface area contributed by atoms with Gasteiger partial charge in [0, 0.05) is 13.6 Å². The van der Waals surface area contributed by atoms with Gasteiger partial charge in [0.2, 0.25) is 5.16 Å². The number of hydrogen-bond acceptors (Lipinski definition) is 6. The van der Waals surface area contributed by atoms with Crippen LogP contribution < -0.4 is 5.32 Å². The number of aryl methyl sites for hydroxylation is 1. The minimum Gasteiger partial charge on any atom is -0.369 e. The highest BCUT2D eigenvalue weighted by Crippen LogP contribution is 2.34. The summed E-state index contributed by atoms with van der Waals surface area (Å²) in [6.07, 6.45) is 0.982. The van der Waals surface area contributed by atoms with Gasteiger partial charge in [0.25, 0.3) is 0 Å². The first-order valence-corrected chi connectivity index (χ1v) is 7.19. The molecule has 0 amide bonds. The van der Waals surface area contributed by atoms with Gasteiger partial charge in [-0.3, -0.25) is 0 Å². The number of nitrogens with zero attached hydrogens (tertiary/aromatic N) is 5. The lowest BCUT2D eigenvalue weighted by Gasteiger charge is -2.09. The molecule has 9 heteroatoms. The predicted octanol–water partition coefficient (Wildman–Crippen LogP) is 2.89. The number of hydrogen-bond donors (Lipinski definition) is 1. The highest BCUT2D eigenvalue weighted by atomic mass is 35.5. The highest BCUT2D eigenvalue weighted by molar-refractivity contribution is 7.99. The van der Waals surface area contributed by atoms with Crippen LogP contribution in [0.3, 0.4) is 0 Å². The average molecular weight is 319 g/mol. The SMILES string of the molecule is CCCNc1nc(Sc2nnnn2C)c(Cl)cc1Cl. The number of pyridine rings is 1. The number of halogens is 2. The highest BCUT2D eigenvalue weighted by Gasteiger charge is 2.13. The molecular formula is C10H12Cl2N6S. The predicted molar refractivity (Wildman–Crippen MR) is 76.0 cm³/mol. The number of rotatable bonds is 5. The minimum absolute atomic E-state index is 0.472. The largest absolute Gasteiger partial charge is 0.369 e. The van der Waals surface area contributed by atoms with Crippen LogP contribution >= 0.6 is 35.0 Å². The Morgan fingerprint density at radius 3 is 2.79 bits per heavy atom. The van der Waals surface area contributed by atoms with Gasteiger partial charge in [-0.05, 0) is 34.7 Å². The van der Waals surface area contributed by atoms with E-state index in [1.165, 1.54) is 11.8 Å². The summed E-state index contributed by atoms with van der Waals surface area (Å²) >= 11 is 13.5. The smallest absolute Gasteiger partial charge is 0.215 e. The summed E-state index contributed by atoms with van der Waals surface area (Å²) in [5, 5.41) is 16.5. The molecule has 102 valence electrons. The Labute approximate surface area is 124 Å². The summed E-state index contributed by atoms with van der Waals surface area (Å²) in [5.41, 5.74) is 0. The molecule has 0 aliphatic rings. The van der Waals surface area contributed by atoms with Crippen LogP contribution in [0.15, 0.2) is 16.2 Å². The van der Waals surface area contributed by atoms with Gasteiger partial charge in [0.1, 0.15) is 10.8 Å². The monoisotopic (exact) mass is 318 g/mol. The van der Waals surface area contributed by atoms with Gasteiger partial charge in [0.15, 0.2) is 0 Å². The molecule has 19 heavy (non-hydrogen) atoms. The number of aromatic nitrogens is 5. The quantitative estimate of drug-likeness (QED) is 0.914. The van der Waals surface area contributed by atoms with Crippen LogP contribution in [0.4, 0.5) is 5.82 Å². The lowest BCUT2D eigenvalue weighted by molar-refractivity contribution is 0.664. The molecular weight excluding hydrogens is 307 g/mol. The van der Waals surface area contributed by atoms with E-state index in [1.54, 1.807) is 17.8 Å². The Balaban J connectivity index is 2.27. The zero-order valence-electron chi connectivity index (χ0n) is 10.4. The molecule has 0 saturated heterocycles. The lowest BCUT2D eigenvalue weighted by atomic mass is 10.4. The molecule has 2 aromatic heterocycles. The molecule has 0 atom stereocenters. The molecule has 0 fully saturated rings. The van der Waals surface area contributed by atoms with Crippen LogP contribution in [-0.4, -0.2) is 31.7 Å². The standard InChI is InChI=1S/C10H12Cl2N6S/c1-3-4-13-8-6(11)5-7(12)9(14-8)19-10-15-16-17-18(10)2/h5H,3-4H2,1-2H3,(H,13,14). The van der Waals surface area contributed by atoms with Gasteiger partial charge < -0.3 is 5.32 Å². The second-order valence-corrected chi connectivity index (χ2v) is 5.49. The second kappa shape index (κ2) is 6.40. The molecule has 1 N–H and O–H groups in total. The molecule has 0 aliphatic heterocycles. The fourth-order valence-corrected chi connectivity index (χ4v) is 2.54. The summed E-state index contributed by atoms with van der Waals surface area (Å²) in [5.74, 6) is 0.616. The van der Waals surface area contributed by atoms with Crippen molar-refractivity contribution in [1.82, 2.24) is 25.2 Å². The third-order valence-corrected chi connectivity index (χ3v) is 3.93. The molecule has 2 aromatic rings. The van der Waals surface area contributed by atoms with Crippen molar-refractivity contribution in [3.8, 4) is 0 Å². The van der Waals surface area contributed by atoms with Crippen molar-refractivity contribution in [3.63, 3.8) is 0 Å². The second-order valence-electron chi connectivity index (χ2n) is 3.72. The van der Waals surface area contributed by atoms with Gasteiger partial charge in [-0.1, -0.05) is 30.1 Å². The molecule has 0 radical (unpaired) electrons. The van der Waals surface area contributed by atoms with E-state index in [4.69, 9.17) is 23.2 Å². The summed E-state index contributed by atoms with van der Waals surface area (Å²) in [6, 6.07) is 1.67. The van der Waals surface area contributed by atoms with E-state index in [2.05, 4.69) is 32.7 Å². The molecule has 0 bridgehead atoms. The number of tetrazole rings is 1. The van der Waals surface area contributed by atoms with Crippen molar-refractivity contribution >= 4 is 40.8 Å². The van der Waals surface area contributed by atoms with Crippen LogP contribution in [0.5, 0.6) is 0 Å². The summed E-state index contributed by atoms with van der Waals surface area (Å²) in [4.78, 5) is 4.40. The first kappa shape index (κ1) is 14.4. The Kier molecular flexibility index (Phi) is 4.84. The average Bonchev–Trinajstić information content (AvgIpc) is 2.77. The lowest BCUT2D eigenvalue weighted by Crippen LogP contribution is -2.03. The summed E-state index contributed by atoms with van der Waals surface area (Å²) in [6.45, 7) is 2.86. The third-order valence-electron chi connectivity index (χ3n) is 2.21. The van der Waals surface area contributed by atoms with Crippen LogP contribution in [0, 0.1) is 0 Å². The van der Waals surface area contributed by atoms with Crippen molar-refractivity contribution in [3.05, 3.63) is 16.1 Å². The Morgan fingerprint density at radius 2 is 2.16 bits per heavy atom. The molecule has 2 heterocycles. The Morgan fingerprint density at radius 1 is 1.37 bits per heavy atom. The fraction of sp³-hybridized carbons (Fsp3) is 0.400.